The molecule has 0 saturated carbocycles. The lowest BCUT2D eigenvalue weighted by atomic mass is 10.1. The average Bonchev–Trinajstić information content (AvgIpc) is 2.97. The van der Waals surface area contributed by atoms with Crippen molar-refractivity contribution in [2.75, 3.05) is 10.6 Å². The molecule has 3 N–H and O–H groups in total. The van der Waals surface area contributed by atoms with Gasteiger partial charge in [-0.2, -0.15) is 0 Å². The van der Waals surface area contributed by atoms with Crippen molar-refractivity contribution in [1.29, 1.82) is 0 Å². The third-order valence-electron chi connectivity index (χ3n) is 6.18. The first-order valence-electron chi connectivity index (χ1n) is 13.0. The monoisotopic (exact) mass is 583 g/mol. The quantitative estimate of drug-likeness (QED) is 0.141. The number of rotatable bonds is 9. The lowest BCUT2D eigenvalue weighted by Gasteiger charge is -2.15. The Kier molecular flexibility index (Phi) is 10.0. The number of aryl methyl sites for hydroxylation is 2. The highest BCUT2D eigenvalue weighted by atomic mass is 35.5. The Morgan fingerprint density at radius 3 is 2.22 bits per heavy atom. The van der Waals surface area contributed by atoms with E-state index in [9.17, 15) is 14.4 Å². The van der Waals surface area contributed by atoms with Crippen LogP contribution in [0.5, 0.6) is 0 Å². The normalized spacial score (nSPS) is 11.9. The number of carbonyl (C=O) groups excluding carboxylic acids is 3. The summed E-state index contributed by atoms with van der Waals surface area (Å²) in [6, 6.07) is 28.8. The van der Waals surface area contributed by atoms with Crippen LogP contribution in [0.15, 0.2) is 108 Å². The van der Waals surface area contributed by atoms with Gasteiger partial charge in [0.1, 0.15) is 5.70 Å². The minimum Gasteiger partial charge on any atom is -0.325 e. The van der Waals surface area contributed by atoms with Gasteiger partial charge in [0.2, 0.25) is 5.91 Å². The van der Waals surface area contributed by atoms with Crippen LogP contribution in [0, 0.1) is 13.8 Å². The summed E-state index contributed by atoms with van der Waals surface area (Å²) in [5, 5.41) is 8.66. The van der Waals surface area contributed by atoms with Gasteiger partial charge in [0.15, 0.2) is 0 Å². The van der Waals surface area contributed by atoms with Crippen LogP contribution in [0.3, 0.4) is 0 Å². The van der Waals surface area contributed by atoms with E-state index in [1.807, 2.05) is 57.2 Å². The summed E-state index contributed by atoms with van der Waals surface area (Å²) in [7, 11) is 0. The fourth-order valence-electron chi connectivity index (χ4n) is 3.87. The van der Waals surface area contributed by atoms with Gasteiger partial charge in [-0.05, 0) is 92.1 Å². The molecule has 0 saturated heterocycles. The van der Waals surface area contributed by atoms with Crippen molar-refractivity contribution in [2.24, 2.45) is 0 Å². The fraction of sp³-hybridized carbons (Fsp3) is 0.121. The summed E-state index contributed by atoms with van der Waals surface area (Å²) < 4.78 is 0. The fourth-order valence-corrected chi connectivity index (χ4v) is 4.93. The molecular weight excluding hydrogens is 554 g/mol. The number of nitrogens with one attached hydrogen (secondary N) is 3. The first-order valence-corrected chi connectivity index (χ1v) is 14.2. The molecule has 0 spiro atoms. The van der Waals surface area contributed by atoms with Crippen LogP contribution in [0.2, 0.25) is 5.02 Å². The predicted octanol–water partition coefficient (Wildman–Crippen LogP) is 7.49. The molecule has 0 fully saturated rings. The Morgan fingerprint density at radius 2 is 1.51 bits per heavy atom. The van der Waals surface area contributed by atoms with Crippen LogP contribution >= 0.6 is 23.4 Å². The Balaban J connectivity index is 1.44. The maximum atomic E-state index is 13.3. The van der Waals surface area contributed by atoms with Crippen molar-refractivity contribution in [3.05, 3.63) is 130 Å². The van der Waals surface area contributed by atoms with E-state index in [4.69, 9.17) is 11.6 Å². The molecule has 0 aliphatic heterocycles. The maximum Gasteiger partial charge on any atom is 0.272 e. The zero-order valence-corrected chi connectivity index (χ0v) is 24.5. The third kappa shape index (κ3) is 8.33. The van der Waals surface area contributed by atoms with Crippen molar-refractivity contribution in [2.45, 2.75) is 30.9 Å². The minimum atomic E-state index is -0.504. The summed E-state index contributed by atoms with van der Waals surface area (Å²) in [5.41, 5.74) is 4.47. The van der Waals surface area contributed by atoms with Gasteiger partial charge in [-0.1, -0.05) is 60.1 Å². The van der Waals surface area contributed by atoms with Crippen LogP contribution in [-0.2, 0) is 9.59 Å². The number of thioether (sulfide) groups is 1. The van der Waals surface area contributed by atoms with Gasteiger partial charge >= 0.3 is 0 Å². The first kappa shape index (κ1) is 29.6. The van der Waals surface area contributed by atoms with E-state index in [-0.39, 0.29) is 16.9 Å². The third-order valence-corrected chi connectivity index (χ3v) is 7.64. The highest BCUT2D eigenvalue weighted by Crippen LogP contribution is 2.27. The number of hydrogen-bond acceptors (Lipinski definition) is 4. The molecule has 0 aliphatic rings. The molecule has 0 aliphatic carbocycles. The molecule has 1 unspecified atom stereocenters. The Labute approximate surface area is 249 Å². The molecule has 8 heteroatoms. The molecule has 1 atom stereocenters. The summed E-state index contributed by atoms with van der Waals surface area (Å²) >= 11 is 7.72. The van der Waals surface area contributed by atoms with Crippen molar-refractivity contribution >= 4 is 58.5 Å². The number of hydrogen-bond donors (Lipinski definition) is 3. The number of amides is 3. The van der Waals surface area contributed by atoms with E-state index in [2.05, 4.69) is 16.0 Å². The van der Waals surface area contributed by atoms with Crippen molar-refractivity contribution < 1.29 is 14.4 Å². The largest absolute Gasteiger partial charge is 0.325 e. The molecule has 4 aromatic carbocycles. The van der Waals surface area contributed by atoms with Gasteiger partial charge in [-0.15, -0.1) is 11.8 Å². The molecule has 0 aromatic heterocycles. The predicted molar refractivity (Wildman–Crippen MR) is 168 cm³/mol. The highest BCUT2D eigenvalue weighted by Gasteiger charge is 2.18. The number of anilines is 2. The van der Waals surface area contributed by atoms with E-state index in [0.29, 0.717) is 21.8 Å². The van der Waals surface area contributed by atoms with E-state index >= 15 is 0 Å². The second-order valence-electron chi connectivity index (χ2n) is 9.45. The van der Waals surface area contributed by atoms with E-state index < -0.39 is 11.8 Å². The Morgan fingerprint density at radius 1 is 0.829 bits per heavy atom. The molecule has 41 heavy (non-hydrogen) atoms. The first-order chi connectivity index (χ1) is 19.7. The Hall–Kier alpha value is -4.33. The SMILES string of the molecule is Cc1ccc(C)c(NC(=O)C(C)Sc2ccc(NC(=O)/C(=C/c3ccccc3Cl)NC(=O)c3ccccc3)cc2)c1. The minimum absolute atomic E-state index is 0.0436. The van der Waals surface area contributed by atoms with Crippen LogP contribution in [0.25, 0.3) is 6.08 Å². The van der Waals surface area contributed by atoms with Gasteiger partial charge in [0.25, 0.3) is 11.8 Å². The second kappa shape index (κ2) is 13.8. The highest BCUT2D eigenvalue weighted by molar-refractivity contribution is 8.00. The molecule has 208 valence electrons. The van der Waals surface area contributed by atoms with Gasteiger partial charge in [-0.3, -0.25) is 14.4 Å². The molecule has 3 amide bonds. The smallest absolute Gasteiger partial charge is 0.272 e. The van der Waals surface area contributed by atoms with Crippen LogP contribution in [0.1, 0.15) is 34.0 Å². The zero-order chi connectivity index (χ0) is 29.4. The van der Waals surface area contributed by atoms with E-state index in [1.54, 1.807) is 66.7 Å². The molecule has 4 aromatic rings. The average molecular weight is 584 g/mol. The summed E-state index contributed by atoms with van der Waals surface area (Å²) in [6.07, 6.45) is 1.54. The van der Waals surface area contributed by atoms with Crippen molar-refractivity contribution in [1.82, 2.24) is 5.32 Å². The summed E-state index contributed by atoms with van der Waals surface area (Å²) in [5.74, 6) is -1.01. The van der Waals surface area contributed by atoms with Gasteiger partial charge in [0.05, 0.1) is 5.25 Å². The molecule has 4 rings (SSSR count). The van der Waals surface area contributed by atoms with Crippen LogP contribution in [-0.4, -0.2) is 23.0 Å². The number of halogens is 1. The van der Waals surface area contributed by atoms with Crippen molar-refractivity contribution in [3.63, 3.8) is 0 Å². The number of benzene rings is 4. The lowest BCUT2D eigenvalue weighted by molar-refractivity contribution is -0.115. The molecule has 6 nitrogen and oxygen atoms in total. The van der Waals surface area contributed by atoms with Gasteiger partial charge < -0.3 is 16.0 Å². The van der Waals surface area contributed by atoms with Crippen molar-refractivity contribution in [3.8, 4) is 0 Å². The van der Waals surface area contributed by atoms with E-state index in [0.717, 1.165) is 21.7 Å². The maximum absolute atomic E-state index is 13.3. The van der Waals surface area contributed by atoms with Crippen LogP contribution in [0.4, 0.5) is 11.4 Å². The topological polar surface area (TPSA) is 87.3 Å². The molecule has 0 bridgehead atoms. The van der Waals surface area contributed by atoms with Gasteiger partial charge in [-0.25, -0.2) is 0 Å². The lowest BCUT2D eigenvalue weighted by Crippen LogP contribution is -2.30. The molecule has 0 heterocycles. The zero-order valence-electron chi connectivity index (χ0n) is 22.9. The summed E-state index contributed by atoms with van der Waals surface area (Å²) in [6.45, 7) is 5.80. The van der Waals surface area contributed by atoms with Crippen LogP contribution < -0.4 is 16.0 Å². The molecule has 0 radical (unpaired) electrons. The standard InChI is InChI=1S/C33H30ClN3O3S/c1-21-13-14-22(2)29(19-21)36-31(38)23(3)41-27-17-15-26(16-18-27)35-33(40)30(20-25-11-7-8-12-28(25)34)37-32(39)24-9-5-4-6-10-24/h4-20,23H,1-3H3,(H,35,40)(H,36,38)(H,37,39)/b30-20-. The number of carbonyl (C=O) groups is 3. The Bertz CT molecular complexity index is 1590. The van der Waals surface area contributed by atoms with Gasteiger partial charge in [0, 0.05) is 26.9 Å². The summed E-state index contributed by atoms with van der Waals surface area (Å²) in [4.78, 5) is 39.8. The second-order valence-corrected chi connectivity index (χ2v) is 11.3. The van der Waals surface area contributed by atoms with E-state index in [1.165, 1.54) is 11.8 Å². The molecular formula is C33H30ClN3O3S.